The highest BCUT2D eigenvalue weighted by Crippen LogP contribution is 2.21. The van der Waals surface area contributed by atoms with Gasteiger partial charge in [-0.05, 0) is 64.5 Å². The third-order valence-corrected chi connectivity index (χ3v) is 11.3. The highest BCUT2D eigenvalue weighted by Gasteiger charge is 2.19. The highest BCUT2D eigenvalue weighted by atomic mass is 16.7. The van der Waals surface area contributed by atoms with Gasteiger partial charge >= 0.3 is 12.1 Å². The number of carbonyl (C=O) groups is 2. The van der Waals surface area contributed by atoms with Gasteiger partial charge in [0.25, 0.3) is 0 Å². The minimum atomic E-state index is -0.538. The van der Waals surface area contributed by atoms with Crippen molar-refractivity contribution < 1.29 is 43.1 Å². The van der Waals surface area contributed by atoms with E-state index in [-0.39, 0.29) is 18.5 Å². The number of carbonyl (C=O) groups excluding carboxylic acids is 2. The first-order chi connectivity index (χ1) is 29.6. The third kappa shape index (κ3) is 44.6. The highest BCUT2D eigenvalue weighted by molar-refractivity contribution is 5.72. The summed E-state index contributed by atoms with van der Waals surface area (Å²) in [4.78, 5) is 27.6. The second-order valence-electron chi connectivity index (χ2n) is 17.0. The summed E-state index contributed by atoms with van der Waals surface area (Å²) in [7, 11) is 0. The summed E-state index contributed by atoms with van der Waals surface area (Å²) in [6.45, 7) is 14.1. The van der Waals surface area contributed by atoms with Gasteiger partial charge in [-0.2, -0.15) is 0 Å². The Hall–Kier alpha value is -1.46. The molecule has 358 valence electrons. The number of ether oxygens (including phenoxy) is 6. The minimum Gasteiger partial charge on any atom is -0.465 e. The Balaban J connectivity index is 4.39. The summed E-state index contributed by atoms with van der Waals surface area (Å²) in [6, 6.07) is 0. The fourth-order valence-corrected chi connectivity index (χ4v) is 7.50. The summed E-state index contributed by atoms with van der Waals surface area (Å²) in [5, 5.41) is 8.79. The second kappa shape index (κ2) is 50.2. The van der Waals surface area contributed by atoms with Crippen LogP contribution >= 0.6 is 0 Å². The largest absolute Gasteiger partial charge is 0.508 e. The summed E-state index contributed by atoms with van der Waals surface area (Å²) < 4.78 is 33.1. The Labute approximate surface area is 370 Å². The maximum atomic E-state index is 13.1. The van der Waals surface area contributed by atoms with E-state index in [4.69, 9.17) is 33.5 Å². The van der Waals surface area contributed by atoms with Crippen molar-refractivity contribution in [3.8, 4) is 0 Å². The zero-order valence-electron chi connectivity index (χ0n) is 39.9. The van der Waals surface area contributed by atoms with Crippen LogP contribution < -0.4 is 0 Å². The van der Waals surface area contributed by atoms with Crippen LogP contribution in [0, 0.1) is 5.92 Å². The van der Waals surface area contributed by atoms with E-state index in [2.05, 4.69) is 25.7 Å². The Kier molecular flexibility index (Phi) is 49.0. The predicted molar refractivity (Wildman–Crippen MR) is 248 cm³/mol. The van der Waals surface area contributed by atoms with Crippen molar-refractivity contribution in [2.75, 3.05) is 85.7 Å². The molecule has 0 aromatic rings. The maximum Gasteiger partial charge on any atom is 0.508 e. The molecule has 0 fully saturated rings. The lowest BCUT2D eigenvalue weighted by atomic mass is 9.94. The van der Waals surface area contributed by atoms with Crippen molar-refractivity contribution in [1.82, 2.24) is 4.90 Å². The monoisotopic (exact) mass is 858 g/mol. The molecular weight excluding hydrogens is 759 g/mol. The Bertz CT molecular complexity index is 848. The molecule has 1 N–H and O–H groups in total. The summed E-state index contributed by atoms with van der Waals surface area (Å²) >= 11 is 0. The topological polar surface area (TPSA) is 113 Å². The third-order valence-electron chi connectivity index (χ3n) is 11.3. The first kappa shape index (κ1) is 58.5. The van der Waals surface area contributed by atoms with Gasteiger partial charge in [0.05, 0.1) is 72.0 Å². The van der Waals surface area contributed by atoms with Gasteiger partial charge in [-0.25, -0.2) is 4.79 Å². The zero-order valence-corrected chi connectivity index (χ0v) is 39.9. The molecule has 0 radical (unpaired) electrons. The average Bonchev–Trinajstić information content (AvgIpc) is 3.25. The molecule has 0 unspecified atom stereocenters. The number of aliphatic hydroxyl groups excluding tert-OH is 1. The number of hydrogen-bond acceptors (Lipinski definition) is 10. The molecule has 0 bridgehead atoms. The summed E-state index contributed by atoms with van der Waals surface area (Å²) in [5.41, 5.74) is 0. The average molecular weight is 858 g/mol. The minimum absolute atomic E-state index is 0.0256. The molecule has 0 saturated heterocycles. The number of unbranched alkanes of at least 4 members (excludes halogenated alkanes) is 24. The molecule has 0 amide bonds. The van der Waals surface area contributed by atoms with E-state index >= 15 is 0 Å². The SMILES string of the molecule is CCCCCCCCCCCOC(=O)OCCCCCN(CCCCCCCOC(=O)C(CCCCCCCC)CCCCCCCC)CCOCCOCCOCCO. The van der Waals surface area contributed by atoms with Crippen LogP contribution in [0.5, 0.6) is 0 Å². The molecule has 10 heteroatoms. The van der Waals surface area contributed by atoms with Crippen molar-refractivity contribution in [1.29, 1.82) is 0 Å². The molecule has 60 heavy (non-hydrogen) atoms. The van der Waals surface area contributed by atoms with E-state index in [9.17, 15) is 9.59 Å². The van der Waals surface area contributed by atoms with Gasteiger partial charge in [-0.1, -0.05) is 168 Å². The lowest BCUT2D eigenvalue weighted by Crippen LogP contribution is -2.30. The number of esters is 1. The van der Waals surface area contributed by atoms with Crippen LogP contribution in [0.2, 0.25) is 0 Å². The molecule has 10 nitrogen and oxygen atoms in total. The molecule has 0 spiro atoms. The molecule has 0 aromatic carbocycles. The second-order valence-corrected chi connectivity index (χ2v) is 17.0. The van der Waals surface area contributed by atoms with Crippen LogP contribution in [0.4, 0.5) is 4.79 Å². The van der Waals surface area contributed by atoms with Gasteiger partial charge in [-0.3, -0.25) is 4.79 Å². The molecular formula is C50H99NO9. The van der Waals surface area contributed by atoms with Gasteiger partial charge in [0.1, 0.15) is 0 Å². The van der Waals surface area contributed by atoms with Gasteiger partial charge in [-0.15, -0.1) is 0 Å². The van der Waals surface area contributed by atoms with Crippen LogP contribution in [0.25, 0.3) is 0 Å². The van der Waals surface area contributed by atoms with Crippen molar-refractivity contribution in [2.45, 2.75) is 220 Å². The number of aliphatic hydroxyl groups is 1. The Morgan fingerprint density at radius 2 is 0.733 bits per heavy atom. The van der Waals surface area contributed by atoms with Gasteiger partial charge in [0.15, 0.2) is 0 Å². The van der Waals surface area contributed by atoms with Crippen molar-refractivity contribution >= 4 is 12.1 Å². The summed E-state index contributed by atoms with van der Waals surface area (Å²) in [5.74, 6) is 0.120. The molecule has 0 atom stereocenters. The van der Waals surface area contributed by atoms with Crippen LogP contribution in [0.3, 0.4) is 0 Å². The van der Waals surface area contributed by atoms with Crippen molar-refractivity contribution in [2.24, 2.45) is 5.92 Å². The summed E-state index contributed by atoms with van der Waals surface area (Å²) in [6.07, 6.45) is 36.0. The molecule has 0 saturated carbocycles. The van der Waals surface area contributed by atoms with E-state index < -0.39 is 6.16 Å². The molecule has 0 aromatic heterocycles. The van der Waals surface area contributed by atoms with E-state index in [0.29, 0.717) is 59.5 Å². The normalized spacial score (nSPS) is 11.6. The fraction of sp³-hybridized carbons (Fsp3) is 0.960. The van der Waals surface area contributed by atoms with Crippen LogP contribution in [0.15, 0.2) is 0 Å². The molecule has 0 rings (SSSR count). The number of hydrogen-bond donors (Lipinski definition) is 1. The van der Waals surface area contributed by atoms with Crippen LogP contribution in [-0.2, 0) is 33.2 Å². The lowest BCUT2D eigenvalue weighted by molar-refractivity contribution is -0.149. The van der Waals surface area contributed by atoms with Gasteiger partial charge < -0.3 is 38.4 Å². The van der Waals surface area contributed by atoms with Gasteiger partial charge in [0, 0.05) is 6.54 Å². The van der Waals surface area contributed by atoms with Crippen molar-refractivity contribution in [3.05, 3.63) is 0 Å². The number of rotatable bonds is 50. The molecule has 0 heterocycles. The first-order valence-corrected chi connectivity index (χ1v) is 25.6. The van der Waals surface area contributed by atoms with Gasteiger partial charge in [0.2, 0.25) is 0 Å². The van der Waals surface area contributed by atoms with Crippen LogP contribution in [0.1, 0.15) is 220 Å². The lowest BCUT2D eigenvalue weighted by Gasteiger charge is -2.22. The van der Waals surface area contributed by atoms with Crippen molar-refractivity contribution in [3.63, 3.8) is 0 Å². The smallest absolute Gasteiger partial charge is 0.465 e. The zero-order chi connectivity index (χ0) is 43.7. The van der Waals surface area contributed by atoms with E-state index in [1.807, 2.05) is 0 Å². The Morgan fingerprint density at radius 1 is 0.383 bits per heavy atom. The van der Waals surface area contributed by atoms with E-state index in [1.54, 1.807) is 0 Å². The molecule has 0 aliphatic carbocycles. The maximum absolute atomic E-state index is 13.1. The quantitative estimate of drug-likeness (QED) is 0.0469. The predicted octanol–water partition coefficient (Wildman–Crippen LogP) is 12.8. The first-order valence-electron chi connectivity index (χ1n) is 25.6. The number of nitrogens with zero attached hydrogens (tertiary/aromatic N) is 1. The standard InChI is InChI=1S/C50H99NO9/c1-4-7-10-13-16-17-18-23-31-40-59-50(54)60-41-32-25-29-36-51(37-42-55-44-46-57-47-45-56-43-38-52)35-28-22-19-24-30-39-58-49(53)48(33-26-20-14-11-8-5-2)34-27-21-15-12-9-6-3/h48,52H,4-47H2,1-3H3. The van der Waals surface area contributed by atoms with E-state index in [0.717, 1.165) is 110 Å². The van der Waals surface area contributed by atoms with Crippen LogP contribution in [-0.4, -0.2) is 108 Å². The molecule has 0 aliphatic heterocycles. The fourth-order valence-electron chi connectivity index (χ4n) is 7.50. The van der Waals surface area contributed by atoms with E-state index in [1.165, 1.54) is 109 Å². The molecule has 0 aliphatic rings. The Morgan fingerprint density at radius 3 is 1.18 bits per heavy atom.